The van der Waals surface area contributed by atoms with Crippen molar-refractivity contribution in [2.24, 2.45) is 5.92 Å². The summed E-state index contributed by atoms with van der Waals surface area (Å²) in [6, 6.07) is 8.43. The summed E-state index contributed by atoms with van der Waals surface area (Å²) in [5.74, 6) is 0.538. The Morgan fingerprint density at radius 2 is 2.14 bits per heavy atom. The Kier molecular flexibility index (Phi) is 4.97. The molecule has 0 aliphatic rings. The van der Waals surface area contributed by atoms with Crippen LogP contribution in [0, 0.1) is 5.92 Å². The van der Waals surface area contributed by atoms with Crippen LogP contribution in [0.1, 0.15) is 25.8 Å². The second kappa shape index (κ2) is 5.77. The Hall–Kier alpha value is -0.0100. The zero-order valence-corrected chi connectivity index (χ0v) is 11.0. The molecular formula is C12H16BrCl. The summed E-state index contributed by atoms with van der Waals surface area (Å²) in [6.07, 6.45) is 2.10. The molecule has 0 fully saturated rings. The fourth-order valence-corrected chi connectivity index (χ4v) is 2.10. The van der Waals surface area contributed by atoms with E-state index in [1.807, 2.05) is 6.07 Å². The van der Waals surface area contributed by atoms with Gasteiger partial charge in [-0.3, -0.25) is 0 Å². The van der Waals surface area contributed by atoms with Crippen LogP contribution in [0.5, 0.6) is 0 Å². The molecule has 0 radical (unpaired) electrons. The van der Waals surface area contributed by atoms with Crippen LogP contribution < -0.4 is 0 Å². The summed E-state index contributed by atoms with van der Waals surface area (Å²) in [5, 5.41) is 0.286. The Bertz CT molecular complexity index is 285. The van der Waals surface area contributed by atoms with Crippen LogP contribution in [-0.4, -0.2) is 5.38 Å². The predicted molar refractivity (Wildman–Crippen MR) is 66.9 cm³/mol. The van der Waals surface area contributed by atoms with Crippen molar-refractivity contribution in [3.63, 3.8) is 0 Å². The highest BCUT2D eigenvalue weighted by atomic mass is 79.9. The van der Waals surface area contributed by atoms with E-state index in [0.29, 0.717) is 5.92 Å². The van der Waals surface area contributed by atoms with E-state index in [0.717, 1.165) is 17.3 Å². The smallest absolute Gasteiger partial charge is 0.0362 e. The lowest BCUT2D eigenvalue weighted by molar-refractivity contribution is 0.531. The first-order valence-corrected chi connectivity index (χ1v) is 6.25. The molecule has 0 aliphatic heterocycles. The molecule has 1 rings (SSSR count). The second-order valence-electron chi connectivity index (χ2n) is 3.74. The molecule has 0 amide bonds. The minimum atomic E-state index is 0.286. The zero-order valence-electron chi connectivity index (χ0n) is 8.63. The standard InChI is InChI=1S/C12H16BrCl/c1-3-12(14)9(2)7-10-5-4-6-11(13)8-10/h4-6,8-9,12H,3,7H2,1-2H3. The van der Waals surface area contributed by atoms with Crippen molar-refractivity contribution in [2.75, 3.05) is 0 Å². The van der Waals surface area contributed by atoms with Gasteiger partial charge in [0.25, 0.3) is 0 Å². The van der Waals surface area contributed by atoms with E-state index in [1.54, 1.807) is 0 Å². The molecule has 0 nitrogen and oxygen atoms in total. The summed E-state index contributed by atoms with van der Waals surface area (Å²) in [6.45, 7) is 4.34. The Balaban J connectivity index is 2.60. The van der Waals surface area contributed by atoms with Gasteiger partial charge in [-0.15, -0.1) is 11.6 Å². The number of benzene rings is 1. The molecule has 78 valence electrons. The van der Waals surface area contributed by atoms with Gasteiger partial charge in [0.05, 0.1) is 0 Å². The average Bonchev–Trinajstić information content (AvgIpc) is 2.16. The molecule has 2 heteroatoms. The van der Waals surface area contributed by atoms with E-state index in [1.165, 1.54) is 5.56 Å². The van der Waals surface area contributed by atoms with E-state index in [4.69, 9.17) is 11.6 Å². The minimum Gasteiger partial charge on any atom is -0.123 e. The van der Waals surface area contributed by atoms with E-state index >= 15 is 0 Å². The fourth-order valence-electron chi connectivity index (χ4n) is 1.57. The lowest BCUT2D eigenvalue weighted by Gasteiger charge is -2.16. The maximum Gasteiger partial charge on any atom is 0.0362 e. The number of rotatable bonds is 4. The SMILES string of the molecule is CCC(Cl)C(C)Cc1cccc(Br)c1. The maximum atomic E-state index is 6.19. The van der Waals surface area contributed by atoms with Gasteiger partial charge >= 0.3 is 0 Å². The van der Waals surface area contributed by atoms with Crippen molar-refractivity contribution in [1.29, 1.82) is 0 Å². The first-order valence-electron chi connectivity index (χ1n) is 5.02. The highest BCUT2D eigenvalue weighted by Crippen LogP contribution is 2.20. The van der Waals surface area contributed by atoms with Crippen LogP contribution >= 0.6 is 27.5 Å². The quantitative estimate of drug-likeness (QED) is 0.702. The van der Waals surface area contributed by atoms with Gasteiger partial charge in [-0.2, -0.15) is 0 Å². The average molecular weight is 276 g/mol. The molecule has 1 aromatic rings. The zero-order chi connectivity index (χ0) is 10.6. The molecule has 2 unspecified atom stereocenters. The molecule has 14 heavy (non-hydrogen) atoms. The second-order valence-corrected chi connectivity index (χ2v) is 5.21. The van der Waals surface area contributed by atoms with Crippen molar-refractivity contribution in [3.05, 3.63) is 34.3 Å². The summed E-state index contributed by atoms with van der Waals surface area (Å²) in [4.78, 5) is 0. The molecular weight excluding hydrogens is 259 g/mol. The molecule has 0 N–H and O–H groups in total. The van der Waals surface area contributed by atoms with Crippen LogP contribution in [0.3, 0.4) is 0 Å². The number of hydrogen-bond acceptors (Lipinski definition) is 0. The number of alkyl halides is 1. The van der Waals surface area contributed by atoms with Crippen LogP contribution in [-0.2, 0) is 6.42 Å². The molecule has 2 atom stereocenters. The van der Waals surface area contributed by atoms with Gasteiger partial charge in [0.2, 0.25) is 0 Å². The largest absolute Gasteiger partial charge is 0.123 e. The molecule has 0 saturated heterocycles. The lowest BCUT2D eigenvalue weighted by atomic mass is 9.97. The third kappa shape index (κ3) is 3.62. The number of halogens is 2. The molecule has 0 heterocycles. The maximum absolute atomic E-state index is 6.19. The van der Waals surface area contributed by atoms with Crippen LogP contribution in [0.4, 0.5) is 0 Å². The van der Waals surface area contributed by atoms with Crippen LogP contribution in [0.2, 0.25) is 0 Å². The first kappa shape index (κ1) is 12.1. The Labute approximate surface area is 99.8 Å². The van der Waals surface area contributed by atoms with Gasteiger partial charge in [-0.1, -0.05) is 41.9 Å². The van der Waals surface area contributed by atoms with Crippen molar-refractivity contribution in [3.8, 4) is 0 Å². The van der Waals surface area contributed by atoms with Gasteiger partial charge in [0.15, 0.2) is 0 Å². The topological polar surface area (TPSA) is 0 Å². The molecule has 0 spiro atoms. The third-order valence-electron chi connectivity index (χ3n) is 2.45. The first-order chi connectivity index (χ1) is 6.63. The van der Waals surface area contributed by atoms with Gasteiger partial charge in [-0.05, 0) is 36.5 Å². The van der Waals surface area contributed by atoms with E-state index in [9.17, 15) is 0 Å². The van der Waals surface area contributed by atoms with Gasteiger partial charge < -0.3 is 0 Å². The fraction of sp³-hybridized carbons (Fsp3) is 0.500. The van der Waals surface area contributed by atoms with Gasteiger partial charge in [0.1, 0.15) is 0 Å². The van der Waals surface area contributed by atoms with Crippen molar-refractivity contribution >= 4 is 27.5 Å². The summed E-state index contributed by atoms with van der Waals surface area (Å²) < 4.78 is 1.14. The van der Waals surface area contributed by atoms with E-state index in [-0.39, 0.29) is 5.38 Å². The lowest BCUT2D eigenvalue weighted by Crippen LogP contribution is -2.12. The van der Waals surface area contributed by atoms with Gasteiger partial charge in [0, 0.05) is 9.85 Å². The molecule has 0 bridgehead atoms. The molecule has 0 saturated carbocycles. The molecule has 0 aromatic heterocycles. The summed E-state index contributed by atoms with van der Waals surface area (Å²) >= 11 is 9.67. The minimum absolute atomic E-state index is 0.286. The Morgan fingerprint density at radius 1 is 1.43 bits per heavy atom. The van der Waals surface area contributed by atoms with Gasteiger partial charge in [-0.25, -0.2) is 0 Å². The normalized spacial score (nSPS) is 15.1. The van der Waals surface area contributed by atoms with Crippen molar-refractivity contribution in [1.82, 2.24) is 0 Å². The highest BCUT2D eigenvalue weighted by molar-refractivity contribution is 9.10. The van der Waals surface area contributed by atoms with Crippen LogP contribution in [0.15, 0.2) is 28.7 Å². The molecule has 0 aliphatic carbocycles. The van der Waals surface area contributed by atoms with Crippen molar-refractivity contribution < 1.29 is 0 Å². The monoisotopic (exact) mass is 274 g/mol. The summed E-state index contributed by atoms with van der Waals surface area (Å²) in [7, 11) is 0. The van der Waals surface area contributed by atoms with E-state index < -0.39 is 0 Å². The van der Waals surface area contributed by atoms with E-state index in [2.05, 4.69) is 48.0 Å². The Morgan fingerprint density at radius 3 is 2.71 bits per heavy atom. The highest BCUT2D eigenvalue weighted by Gasteiger charge is 2.12. The molecule has 1 aromatic carbocycles. The van der Waals surface area contributed by atoms with Crippen molar-refractivity contribution in [2.45, 2.75) is 32.1 Å². The third-order valence-corrected chi connectivity index (χ3v) is 3.69. The number of hydrogen-bond donors (Lipinski definition) is 0. The van der Waals surface area contributed by atoms with Crippen LogP contribution in [0.25, 0.3) is 0 Å². The summed E-state index contributed by atoms with van der Waals surface area (Å²) in [5.41, 5.74) is 1.35. The predicted octanol–water partition coefficient (Wildman–Crippen LogP) is 4.65.